The summed E-state index contributed by atoms with van der Waals surface area (Å²) in [5.41, 5.74) is 1.42. The molecule has 0 saturated heterocycles. The van der Waals surface area contributed by atoms with Crippen LogP contribution in [0.5, 0.6) is 0 Å². The van der Waals surface area contributed by atoms with Crippen LogP contribution in [-0.4, -0.2) is 5.11 Å². The van der Waals surface area contributed by atoms with E-state index in [0.29, 0.717) is 0 Å². The molecule has 18 heavy (non-hydrogen) atoms. The van der Waals surface area contributed by atoms with Gasteiger partial charge >= 0.3 is 0 Å². The Kier molecular flexibility index (Phi) is 3.67. The fourth-order valence-corrected chi connectivity index (χ4v) is 3.97. The lowest BCUT2D eigenvalue weighted by Gasteiger charge is -2.15. The number of rotatable bonds is 2. The van der Waals surface area contributed by atoms with E-state index in [0.717, 1.165) is 9.75 Å². The normalized spacial score (nSPS) is 13.9. The quantitative estimate of drug-likeness (QED) is 0.837. The zero-order valence-electron chi connectivity index (χ0n) is 11.6. The van der Waals surface area contributed by atoms with E-state index in [4.69, 9.17) is 0 Å². The molecule has 0 aliphatic heterocycles. The Morgan fingerprint density at radius 3 is 2.17 bits per heavy atom. The van der Waals surface area contributed by atoms with Crippen LogP contribution in [0.25, 0.3) is 0 Å². The minimum atomic E-state index is -0.469. The molecule has 98 valence electrons. The molecule has 0 aliphatic rings. The highest BCUT2D eigenvalue weighted by molar-refractivity contribution is 7.13. The maximum atomic E-state index is 10.4. The Bertz CT molecular complexity index is 524. The van der Waals surface area contributed by atoms with E-state index in [9.17, 15) is 5.11 Å². The van der Waals surface area contributed by atoms with Gasteiger partial charge in [0.15, 0.2) is 0 Å². The second-order valence-corrected chi connectivity index (χ2v) is 8.15. The molecule has 0 aromatic carbocycles. The Labute approximate surface area is 117 Å². The number of aryl methyl sites for hydroxylation is 2. The van der Waals surface area contributed by atoms with Gasteiger partial charge in [0.1, 0.15) is 6.10 Å². The minimum Gasteiger partial charge on any atom is -0.382 e. The van der Waals surface area contributed by atoms with Crippen LogP contribution >= 0.6 is 22.7 Å². The highest BCUT2D eigenvalue weighted by Crippen LogP contribution is 2.37. The molecule has 0 fully saturated rings. The van der Waals surface area contributed by atoms with Crippen LogP contribution < -0.4 is 0 Å². The van der Waals surface area contributed by atoms with Crippen LogP contribution in [0.1, 0.15) is 51.9 Å². The predicted octanol–water partition coefficient (Wildman–Crippen LogP) is 4.81. The maximum Gasteiger partial charge on any atom is 0.122 e. The van der Waals surface area contributed by atoms with Gasteiger partial charge in [0, 0.05) is 19.5 Å². The highest BCUT2D eigenvalue weighted by Gasteiger charge is 2.20. The van der Waals surface area contributed by atoms with Gasteiger partial charge in [-0.1, -0.05) is 20.8 Å². The smallest absolute Gasteiger partial charge is 0.122 e. The van der Waals surface area contributed by atoms with E-state index >= 15 is 0 Å². The van der Waals surface area contributed by atoms with E-state index < -0.39 is 6.10 Å². The summed E-state index contributed by atoms with van der Waals surface area (Å²) in [6.45, 7) is 10.8. The van der Waals surface area contributed by atoms with Crippen molar-refractivity contribution in [2.24, 2.45) is 0 Å². The third-order valence-electron chi connectivity index (χ3n) is 3.09. The molecule has 1 unspecified atom stereocenters. The zero-order valence-corrected chi connectivity index (χ0v) is 13.2. The van der Waals surface area contributed by atoms with Gasteiger partial charge in [0.25, 0.3) is 0 Å². The topological polar surface area (TPSA) is 20.2 Å². The molecule has 0 aliphatic carbocycles. The standard InChI is InChI=1S/C15H20OS2/c1-9-8-12(17-10(9)2)14(16)11-6-7-13(18-11)15(3,4)5/h6-8,14,16H,1-5H3. The SMILES string of the molecule is Cc1cc(C(O)c2ccc(C(C)(C)C)s2)sc1C. The van der Waals surface area contributed by atoms with Crippen molar-refractivity contribution < 1.29 is 5.11 Å². The fraction of sp³-hybridized carbons (Fsp3) is 0.467. The molecule has 3 heteroatoms. The van der Waals surface area contributed by atoms with Crippen molar-refractivity contribution >= 4 is 22.7 Å². The summed E-state index contributed by atoms with van der Waals surface area (Å²) >= 11 is 3.41. The molecule has 0 saturated carbocycles. The van der Waals surface area contributed by atoms with E-state index in [1.807, 2.05) is 0 Å². The lowest BCUT2D eigenvalue weighted by molar-refractivity contribution is 0.228. The zero-order chi connectivity index (χ0) is 13.5. The van der Waals surface area contributed by atoms with Gasteiger partial charge in [-0.2, -0.15) is 0 Å². The van der Waals surface area contributed by atoms with Crippen LogP contribution in [0.15, 0.2) is 18.2 Å². The second kappa shape index (κ2) is 4.80. The summed E-state index contributed by atoms with van der Waals surface area (Å²) in [4.78, 5) is 4.70. The fourth-order valence-electron chi connectivity index (χ4n) is 1.78. The number of aliphatic hydroxyl groups is 1. The van der Waals surface area contributed by atoms with Crippen molar-refractivity contribution in [1.82, 2.24) is 0 Å². The largest absolute Gasteiger partial charge is 0.382 e. The monoisotopic (exact) mass is 280 g/mol. The molecule has 1 atom stereocenters. The lowest BCUT2D eigenvalue weighted by atomic mass is 9.95. The predicted molar refractivity (Wildman–Crippen MR) is 80.9 cm³/mol. The van der Waals surface area contributed by atoms with Gasteiger partial charge in [-0.3, -0.25) is 0 Å². The summed E-state index contributed by atoms with van der Waals surface area (Å²) in [6.07, 6.45) is -0.469. The summed E-state index contributed by atoms with van der Waals surface area (Å²) < 4.78 is 0. The van der Waals surface area contributed by atoms with Crippen molar-refractivity contribution in [3.8, 4) is 0 Å². The van der Waals surface area contributed by atoms with Gasteiger partial charge in [-0.15, -0.1) is 22.7 Å². The lowest BCUT2D eigenvalue weighted by Crippen LogP contribution is -2.07. The molecule has 2 rings (SSSR count). The second-order valence-electron chi connectivity index (χ2n) is 5.74. The van der Waals surface area contributed by atoms with E-state index in [1.165, 1.54) is 15.3 Å². The molecule has 2 aromatic rings. The molecule has 1 nitrogen and oxygen atoms in total. The first-order chi connectivity index (χ1) is 8.29. The van der Waals surface area contributed by atoms with Crippen LogP contribution in [0.3, 0.4) is 0 Å². The summed E-state index contributed by atoms with van der Waals surface area (Å²) in [5.74, 6) is 0. The minimum absolute atomic E-state index is 0.157. The van der Waals surface area contributed by atoms with Gasteiger partial charge in [-0.05, 0) is 43.0 Å². The molecule has 0 bridgehead atoms. The average Bonchev–Trinajstić information content (AvgIpc) is 2.85. The molecule has 2 aromatic heterocycles. The molecule has 0 amide bonds. The van der Waals surface area contributed by atoms with Crippen LogP contribution in [-0.2, 0) is 5.41 Å². The Balaban J connectivity index is 2.29. The molecule has 0 spiro atoms. The van der Waals surface area contributed by atoms with Crippen molar-refractivity contribution in [3.63, 3.8) is 0 Å². The van der Waals surface area contributed by atoms with E-state index in [1.54, 1.807) is 22.7 Å². The molecule has 0 radical (unpaired) electrons. The average molecular weight is 280 g/mol. The van der Waals surface area contributed by atoms with E-state index in [2.05, 4.69) is 52.8 Å². The third kappa shape index (κ3) is 2.68. The van der Waals surface area contributed by atoms with Gasteiger partial charge in [0.05, 0.1) is 0 Å². The first-order valence-corrected chi connectivity index (χ1v) is 7.77. The Morgan fingerprint density at radius 2 is 1.72 bits per heavy atom. The number of thiophene rings is 2. The molecule has 1 N–H and O–H groups in total. The van der Waals surface area contributed by atoms with Gasteiger partial charge < -0.3 is 5.11 Å². The summed E-state index contributed by atoms with van der Waals surface area (Å²) in [5, 5.41) is 10.4. The van der Waals surface area contributed by atoms with Gasteiger partial charge in [0.2, 0.25) is 0 Å². The van der Waals surface area contributed by atoms with Gasteiger partial charge in [-0.25, -0.2) is 0 Å². The van der Waals surface area contributed by atoms with Crippen molar-refractivity contribution in [1.29, 1.82) is 0 Å². The Hall–Kier alpha value is -0.640. The molecule has 2 heterocycles. The third-order valence-corrected chi connectivity index (χ3v) is 5.86. The summed E-state index contributed by atoms with van der Waals surface area (Å²) in [7, 11) is 0. The Morgan fingerprint density at radius 1 is 1.06 bits per heavy atom. The first kappa shape index (κ1) is 13.8. The number of aliphatic hydroxyl groups excluding tert-OH is 1. The van der Waals surface area contributed by atoms with Crippen molar-refractivity contribution in [2.75, 3.05) is 0 Å². The van der Waals surface area contributed by atoms with E-state index in [-0.39, 0.29) is 5.41 Å². The van der Waals surface area contributed by atoms with Crippen LogP contribution in [0.2, 0.25) is 0 Å². The van der Waals surface area contributed by atoms with Crippen molar-refractivity contribution in [3.05, 3.63) is 43.3 Å². The van der Waals surface area contributed by atoms with Crippen molar-refractivity contribution in [2.45, 2.75) is 46.1 Å². The number of hydrogen-bond donors (Lipinski definition) is 1. The highest BCUT2D eigenvalue weighted by atomic mass is 32.1. The summed E-state index contributed by atoms with van der Waals surface area (Å²) in [6, 6.07) is 6.29. The maximum absolute atomic E-state index is 10.4. The number of hydrogen-bond acceptors (Lipinski definition) is 3. The molecular weight excluding hydrogens is 260 g/mol. The van der Waals surface area contributed by atoms with Crippen LogP contribution in [0, 0.1) is 13.8 Å². The molecular formula is C15H20OS2. The van der Waals surface area contributed by atoms with Crippen LogP contribution in [0.4, 0.5) is 0 Å². The first-order valence-electron chi connectivity index (χ1n) is 6.14.